The summed E-state index contributed by atoms with van der Waals surface area (Å²) in [6.45, 7) is 9.41. The van der Waals surface area contributed by atoms with Gasteiger partial charge in [-0.1, -0.05) is 31.2 Å². The zero-order valence-electron chi connectivity index (χ0n) is 13.4. The van der Waals surface area contributed by atoms with E-state index in [1.54, 1.807) is 7.11 Å². The molecule has 0 saturated carbocycles. The minimum Gasteiger partial charge on any atom is -0.383 e. The van der Waals surface area contributed by atoms with Crippen LogP contribution < -0.4 is 5.73 Å². The first-order valence-electron chi connectivity index (χ1n) is 7.64. The van der Waals surface area contributed by atoms with Crippen molar-refractivity contribution in [1.29, 1.82) is 0 Å². The Labute approximate surface area is 124 Å². The van der Waals surface area contributed by atoms with E-state index in [2.05, 4.69) is 49.9 Å². The van der Waals surface area contributed by atoms with E-state index < -0.39 is 0 Å². The summed E-state index contributed by atoms with van der Waals surface area (Å²) in [6.07, 6.45) is 2.14. The third-order valence-electron chi connectivity index (χ3n) is 4.11. The molecule has 2 N–H and O–H groups in total. The molecule has 114 valence electrons. The van der Waals surface area contributed by atoms with Gasteiger partial charge in [0.05, 0.1) is 6.61 Å². The zero-order valence-corrected chi connectivity index (χ0v) is 13.4. The Morgan fingerprint density at radius 1 is 1.25 bits per heavy atom. The first-order valence-corrected chi connectivity index (χ1v) is 7.64. The van der Waals surface area contributed by atoms with Gasteiger partial charge in [-0.15, -0.1) is 0 Å². The van der Waals surface area contributed by atoms with Crippen LogP contribution in [-0.2, 0) is 4.74 Å². The monoisotopic (exact) mass is 278 g/mol. The molecule has 2 atom stereocenters. The molecule has 3 heteroatoms. The molecular formula is C17H30N2O. The topological polar surface area (TPSA) is 38.5 Å². The summed E-state index contributed by atoms with van der Waals surface area (Å²) in [5.41, 5.74) is 8.91. The highest BCUT2D eigenvalue weighted by Crippen LogP contribution is 2.19. The van der Waals surface area contributed by atoms with Crippen molar-refractivity contribution in [2.75, 3.05) is 26.8 Å². The quantitative estimate of drug-likeness (QED) is 0.754. The molecular weight excluding hydrogens is 248 g/mol. The van der Waals surface area contributed by atoms with Crippen molar-refractivity contribution in [1.82, 2.24) is 4.90 Å². The van der Waals surface area contributed by atoms with Gasteiger partial charge in [-0.25, -0.2) is 0 Å². The standard InChI is InChI=1S/C17H30N2O/c1-5-15(3)19(12-13-20-4)11-10-17(18)16-9-7-6-8-14(16)2/h6-9,15,17H,5,10-13,18H2,1-4H3. The van der Waals surface area contributed by atoms with Crippen LogP contribution in [0, 0.1) is 6.92 Å². The fourth-order valence-corrected chi connectivity index (χ4v) is 2.48. The maximum absolute atomic E-state index is 6.36. The van der Waals surface area contributed by atoms with E-state index in [0.717, 1.165) is 32.5 Å². The van der Waals surface area contributed by atoms with Crippen LogP contribution in [0.1, 0.15) is 43.9 Å². The average molecular weight is 278 g/mol. The number of rotatable bonds is 9. The highest BCUT2D eigenvalue weighted by molar-refractivity contribution is 5.28. The van der Waals surface area contributed by atoms with Gasteiger partial charge >= 0.3 is 0 Å². The van der Waals surface area contributed by atoms with Crippen LogP contribution in [0.25, 0.3) is 0 Å². The number of ether oxygens (including phenoxy) is 1. The van der Waals surface area contributed by atoms with E-state index in [4.69, 9.17) is 10.5 Å². The van der Waals surface area contributed by atoms with Crippen LogP contribution in [0.3, 0.4) is 0 Å². The number of hydrogen-bond donors (Lipinski definition) is 1. The van der Waals surface area contributed by atoms with E-state index in [0.29, 0.717) is 6.04 Å². The van der Waals surface area contributed by atoms with Crippen LogP contribution in [0.5, 0.6) is 0 Å². The third kappa shape index (κ3) is 5.23. The van der Waals surface area contributed by atoms with Gasteiger partial charge in [0.1, 0.15) is 0 Å². The predicted octanol–water partition coefficient (Wildman–Crippen LogP) is 3.13. The number of methoxy groups -OCH3 is 1. The Kier molecular flexibility index (Phi) is 7.82. The molecule has 0 heterocycles. The molecule has 2 unspecified atom stereocenters. The third-order valence-corrected chi connectivity index (χ3v) is 4.11. The van der Waals surface area contributed by atoms with E-state index in [1.807, 2.05) is 0 Å². The van der Waals surface area contributed by atoms with Gasteiger partial charge in [-0.05, 0) is 37.8 Å². The molecule has 0 aromatic heterocycles. The second-order valence-corrected chi connectivity index (χ2v) is 5.54. The Balaban J connectivity index is 2.55. The van der Waals surface area contributed by atoms with Gasteiger partial charge in [0.2, 0.25) is 0 Å². The first kappa shape index (κ1) is 17.2. The van der Waals surface area contributed by atoms with E-state index >= 15 is 0 Å². The molecule has 0 amide bonds. The Morgan fingerprint density at radius 2 is 1.95 bits per heavy atom. The summed E-state index contributed by atoms with van der Waals surface area (Å²) < 4.78 is 5.20. The zero-order chi connectivity index (χ0) is 15.0. The van der Waals surface area contributed by atoms with Crippen LogP contribution in [-0.4, -0.2) is 37.7 Å². The maximum atomic E-state index is 6.36. The molecule has 0 fully saturated rings. The van der Waals surface area contributed by atoms with Crippen LogP contribution in [0.4, 0.5) is 0 Å². The lowest BCUT2D eigenvalue weighted by Crippen LogP contribution is -2.37. The Morgan fingerprint density at radius 3 is 2.55 bits per heavy atom. The van der Waals surface area contributed by atoms with Crippen molar-refractivity contribution in [3.8, 4) is 0 Å². The van der Waals surface area contributed by atoms with Gasteiger partial charge in [0.15, 0.2) is 0 Å². The van der Waals surface area contributed by atoms with E-state index in [9.17, 15) is 0 Å². The largest absolute Gasteiger partial charge is 0.383 e. The lowest BCUT2D eigenvalue weighted by molar-refractivity contribution is 0.120. The molecule has 0 radical (unpaired) electrons. The number of benzene rings is 1. The molecule has 0 aliphatic carbocycles. The first-order chi connectivity index (χ1) is 9.60. The Hall–Kier alpha value is -0.900. The fourth-order valence-electron chi connectivity index (χ4n) is 2.48. The van der Waals surface area contributed by atoms with E-state index in [-0.39, 0.29) is 6.04 Å². The predicted molar refractivity (Wildman–Crippen MR) is 85.9 cm³/mol. The maximum Gasteiger partial charge on any atom is 0.0589 e. The summed E-state index contributed by atoms with van der Waals surface area (Å²) in [5.74, 6) is 0. The highest BCUT2D eigenvalue weighted by Gasteiger charge is 2.15. The minimum atomic E-state index is 0.116. The highest BCUT2D eigenvalue weighted by atomic mass is 16.5. The van der Waals surface area contributed by atoms with Crippen molar-refractivity contribution >= 4 is 0 Å². The average Bonchev–Trinajstić information content (AvgIpc) is 2.46. The normalized spacial score (nSPS) is 14.5. The van der Waals surface area contributed by atoms with Crippen LogP contribution >= 0.6 is 0 Å². The number of nitrogens with two attached hydrogens (primary N) is 1. The molecule has 0 aliphatic rings. The van der Waals surface area contributed by atoms with Crippen molar-refractivity contribution in [2.24, 2.45) is 5.73 Å². The molecule has 3 nitrogen and oxygen atoms in total. The lowest BCUT2D eigenvalue weighted by Gasteiger charge is -2.29. The van der Waals surface area contributed by atoms with Gasteiger partial charge < -0.3 is 10.5 Å². The SMILES string of the molecule is CCC(C)N(CCOC)CCC(N)c1ccccc1C. The van der Waals surface area contributed by atoms with Crippen molar-refractivity contribution in [3.63, 3.8) is 0 Å². The second-order valence-electron chi connectivity index (χ2n) is 5.54. The van der Waals surface area contributed by atoms with Gasteiger partial charge in [-0.3, -0.25) is 4.90 Å². The molecule has 1 aromatic carbocycles. The number of nitrogens with zero attached hydrogens (tertiary/aromatic N) is 1. The summed E-state index contributed by atoms with van der Waals surface area (Å²) in [7, 11) is 1.76. The summed E-state index contributed by atoms with van der Waals surface area (Å²) in [6, 6.07) is 9.10. The summed E-state index contributed by atoms with van der Waals surface area (Å²) >= 11 is 0. The molecule has 0 spiro atoms. The molecule has 1 aromatic rings. The fraction of sp³-hybridized carbons (Fsp3) is 0.647. The van der Waals surface area contributed by atoms with Crippen LogP contribution in [0.15, 0.2) is 24.3 Å². The number of aryl methyl sites for hydroxylation is 1. The van der Waals surface area contributed by atoms with Gasteiger partial charge in [-0.2, -0.15) is 0 Å². The Bertz CT molecular complexity index is 381. The minimum absolute atomic E-state index is 0.116. The van der Waals surface area contributed by atoms with Gasteiger partial charge in [0.25, 0.3) is 0 Å². The lowest BCUT2D eigenvalue weighted by atomic mass is 9.99. The van der Waals surface area contributed by atoms with E-state index in [1.165, 1.54) is 11.1 Å². The van der Waals surface area contributed by atoms with Crippen LogP contribution in [0.2, 0.25) is 0 Å². The summed E-state index contributed by atoms with van der Waals surface area (Å²) in [4.78, 5) is 2.47. The van der Waals surface area contributed by atoms with Crippen molar-refractivity contribution in [2.45, 2.75) is 45.7 Å². The van der Waals surface area contributed by atoms with Crippen molar-refractivity contribution in [3.05, 3.63) is 35.4 Å². The molecule has 0 bridgehead atoms. The smallest absolute Gasteiger partial charge is 0.0589 e. The van der Waals surface area contributed by atoms with Gasteiger partial charge in [0, 0.05) is 32.3 Å². The molecule has 20 heavy (non-hydrogen) atoms. The number of hydrogen-bond acceptors (Lipinski definition) is 3. The van der Waals surface area contributed by atoms with Crippen molar-refractivity contribution < 1.29 is 4.74 Å². The molecule has 0 saturated heterocycles. The molecule has 0 aliphatic heterocycles. The molecule has 1 rings (SSSR count). The second kappa shape index (κ2) is 9.11. The summed E-state index contributed by atoms with van der Waals surface area (Å²) in [5, 5.41) is 0.